The average Bonchev–Trinajstić information content (AvgIpc) is 3.03. The van der Waals surface area contributed by atoms with Gasteiger partial charge in [0.1, 0.15) is 5.76 Å². The standard InChI is InChI=1S/C22H25N3O2/c1-15-20(14-25-10-8-16(9-11-25)12-21(23)26)24-22(27-15)19-7-6-17-4-2-3-5-18(17)13-19/h2-7,13,16H,8-12,14H2,1H3,(H2,23,26). The number of nitrogens with two attached hydrogens (primary N) is 1. The lowest BCUT2D eigenvalue weighted by Crippen LogP contribution is -2.34. The summed E-state index contributed by atoms with van der Waals surface area (Å²) in [6, 6.07) is 14.6. The van der Waals surface area contributed by atoms with Crippen LogP contribution in [0.3, 0.4) is 0 Å². The number of benzene rings is 2. The Bertz CT molecular complexity index is 955. The molecule has 0 radical (unpaired) electrons. The zero-order valence-electron chi connectivity index (χ0n) is 15.6. The van der Waals surface area contributed by atoms with E-state index in [2.05, 4.69) is 35.2 Å². The van der Waals surface area contributed by atoms with Gasteiger partial charge in [-0.05, 0) is 61.7 Å². The second-order valence-electron chi connectivity index (χ2n) is 7.47. The number of piperidine rings is 1. The highest BCUT2D eigenvalue weighted by molar-refractivity contribution is 5.86. The summed E-state index contributed by atoms with van der Waals surface area (Å²) in [6.07, 6.45) is 2.53. The van der Waals surface area contributed by atoms with Gasteiger partial charge in [-0.1, -0.05) is 30.3 Å². The minimum absolute atomic E-state index is 0.194. The number of carbonyl (C=O) groups is 1. The number of rotatable bonds is 5. The van der Waals surface area contributed by atoms with Crippen LogP contribution in [0, 0.1) is 12.8 Å². The first kappa shape index (κ1) is 17.7. The molecule has 2 aromatic carbocycles. The van der Waals surface area contributed by atoms with Crippen LogP contribution >= 0.6 is 0 Å². The SMILES string of the molecule is Cc1oc(-c2ccc3ccccc3c2)nc1CN1CCC(CC(N)=O)CC1. The molecule has 5 heteroatoms. The van der Waals surface area contributed by atoms with Crippen LogP contribution in [-0.2, 0) is 11.3 Å². The van der Waals surface area contributed by atoms with Gasteiger partial charge in [0.2, 0.25) is 11.8 Å². The van der Waals surface area contributed by atoms with Gasteiger partial charge in [0.25, 0.3) is 0 Å². The van der Waals surface area contributed by atoms with Gasteiger partial charge in [0, 0.05) is 18.5 Å². The highest BCUT2D eigenvalue weighted by Gasteiger charge is 2.22. The van der Waals surface area contributed by atoms with Crippen LogP contribution in [0.1, 0.15) is 30.7 Å². The summed E-state index contributed by atoms with van der Waals surface area (Å²) in [5, 5.41) is 2.40. The van der Waals surface area contributed by atoms with E-state index in [9.17, 15) is 4.79 Å². The van der Waals surface area contributed by atoms with E-state index in [-0.39, 0.29) is 5.91 Å². The molecule has 1 saturated heterocycles. The molecule has 0 aliphatic carbocycles. The van der Waals surface area contributed by atoms with Crippen molar-refractivity contribution in [2.45, 2.75) is 32.7 Å². The van der Waals surface area contributed by atoms with Crippen molar-refractivity contribution in [3.8, 4) is 11.5 Å². The van der Waals surface area contributed by atoms with Gasteiger partial charge in [-0.2, -0.15) is 0 Å². The molecule has 1 aromatic heterocycles. The van der Waals surface area contributed by atoms with Crippen molar-refractivity contribution in [1.29, 1.82) is 0 Å². The number of likely N-dealkylation sites (tertiary alicyclic amines) is 1. The van der Waals surface area contributed by atoms with Crippen molar-refractivity contribution in [3.63, 3.8) is 0 Å². The molecule has 1 fully saturated rings. The number of hydrogen-bond acceptors (Lipinski definition) is 4. The van der Waals surface area contributed by atoms with Crippen molar-refractivity contribution >= 4 is 16.7 Å². The van der Waals surface area contributed by atoms with E-state index in [1.807, 2.05) is 19.1 Å². The molecule has 1 amide bonds. The Labute approximate surface area is 159 Å². The summed E-state index contributed by atoms with van der Waals surface area (Å²) < 4.78 is 5.97. The predicted molar refractivity (Wildman–Crippen MR) is 106 cm³/mol. The highest BCUT2D eigenvalue weighted by Crippen LogP contribution is 2.27. The van der Waals surface area contributed by atoms with Crippen LogP contribution in [0.25, 0.3) is 22.2 Å². The Morgan fingerprint density at radius 1 is 1.19 bits per heavy atom. The second kappa shape index (κ2) is 7.53. The molecule has 2 heterocycles. The molecule has 5 nitrogen and oxygen atoms in total. The summed E-state index contributed by atoms with van der Waals surface area (Å²) in [5.41, 5.74) is 7.31. The molecule has 0 unspecified atom stereocenters. The molecule has 0 atom stereocenters. The second-order valence-corrected chi connectivity index (χ2v) is 7.47. The number of fused-ring (bicyclic) bond motifs is 1. The number of amides is 1. The molecule has 0 saturated carbocycles. The molecule has 1 aliphatic heterocycles. The number of carbonyl (C=O) groups excluding carboxylic acids is 1. The number of primary amides is 1. The van der Waals surface area contributed by atoms with E-state index in [0.29, 0.717) is 18.2 Å². The van der Waals surface area contributed by atoms with Gasteiger partial charge in [-0.25, -0.2) is 4.98 Å². The fourth-order valence-electron chi connectivity index (χ4n) is 3.87. The van der Waals surface area contributed by atoms with Crippen molar-refractivity contribution < 1.29 is 9.21 Å². The number of oxazole rings is 1. The lowest BCUT2D eigenvalue weighted by atomic mass is 9.93. The van der Waals surface area contributed by atoms with E-state index < -0.39 is 0 Å². The predicted octanol–water partition coefficient (Wildman–Crippen LogP) is 3.89. The van der Waals surface area contributed by atoms with Crippen LogP contribution in [0.2, 0.25) is 0 Å². The normalized spacial score (nSPS) is 16.0. The smallest absolute Gasteiger partial charge is 0.226 e. The zero-order chi connectivity index (χ0) is 18.8. The number of aromatic nitrogens is 1. The number of hydrogen-bond donors (Lipinski definition) is 1. The summed E-state index contributed by atoms with van der Waals surface area (Å²) in [5.74, 6) is 1.78. The Kier molecular flexibility index (Phi) is 4.94. The molecule has 1 aliphatic rings. The third-order valence-electron chi connectivity index (χ3n) is 5.46. The van der Waals surface area contributed by atoms with Gasteiger partial charge in [0.05, 0.1) is 5.69 Å². The quantitative estimate of drug-likeness (QED) is 0.746. The lowest BCUT2D eigenvalue weighted by Gasteiger charge is -2.30. The summed E-state index contributed by atoms with van der Waals surface area (Å²) >= 11 is 0. The topological polar surface area (TPSA) is 72.4 Å². The van der Waals surface area contributed by atoms with Crippen LogP contribution < -0.4 is 5.73 Å². The van der Waals surface area contributed by atoms with E-state index in [1.165, 1.54) is 10.8 Å². The molecule has 0 bridgehead atoms. The molecule has 2 N–H and O–H groups in total. The average molecular weight is 363 g/mol. The first-order valence-electron chi connectivity index (χ1n) is 9.54. The van der Waals surface area contributed by atoms with Gasteiger partial charge >= 0.3 is 0 Å². The summed E-state index contributed by atoms with van der Waals surface area (Å²) in [7, 11) is 0. The maximum atomic E-state index is 11.1. The fraction of sp³-hybridized carbons (Fsp3) is 0.364. The van der Waals surface area contributed by atoms with Gasteiger partial charge in [-0.3, -0.25) is 9.69 Å². The molecular weight excluding hydrogens is 338 g/mol. The molecular formula is C22H25N3O2. The maximum absolute atomic E-state index is 11.1. The largest absolute Gasteiger partial charge is 0.441 e. The van der Waals surface area contributed by atoms with Crippen molar-refractivity contribution in [2.24, 2.45) is 11.7 Å². The maximum Gasteiger partial charge on any atom is 0.226 e. The monoisotopic (exact) mass is 363 g/mol. The highest BCUT2D eigenvalue weighted by atomic mass is 16.4. The number of nitrogens with zero attached hydrogens (tertiary/aromatic N) is 2. The van der Waals surface area contributed by atoms with Crippen molar-refractivity contribution in [3.05, 3.63) is 53.9 Å². The summed E-state index contributed by atoms with van der Waals surface area (Å²) in [6.45, 7) is 4.70. The van der Waals surface area contributed by atoms with Crippen molar-refractivity contribution in [1.82, 2.24) is 9.88 Å². The number of aryl methyl sites for hydroxylation is 1. The Hall–Kier alpha value is -2.66. The lowest BCUT2D eigenvalue weighted by molar-refractivity contribution is -0.119. The Morgan fingerprint density at radius 3 is 2.67 bits per heavy atom. The van der Waals surface area contributed by atoms with Crippen LogP contribution in [-0.4, -0.2) is 28.9 Å². The molecule has 4 rings (SSSR count). The first-order chi connectivity index (χ1) is 13.1. The first-order valence-corrected chi connectivity index (χ1v) is 9.54. The van der Waals surface area contributed by atoms with E-state index in [4.69, 9.17) is 15.1 Å². The molecule has 3 aromatic rings. The van der Waals surface area contributed by atoms with Crippen LogP contribution in [0.4, 0.5) is 0 Å². The van der Waals surface area contributed by atoms with Gasteiger partial charge in [-0.15, -0.1) is 0 Å². The minimum Gasteiger partial charge on any atom is -0.441 e. The summed E-state index contributed by atoms with van der Waals surface area (Å²) in [4.78, 5) is 18.2. The minimum atomic E-state index is -0.194. The zero-order valence-corrected chi connectivity index (χ0v) is 15.6. The Balaban J connectivity index is 1.46. The van der Waals surface area contributed by atoms with E-state index >= 15 is 0 Å². The van der Waals surface area contributed by atoms with Crippen LogP contribution in [0.5, 0.6) is 0 Å². The molecule has 140 valence electrons. The van der Waals surface area contributed by atoms with E-state index in [0.717, 1.165) is 49.5 Å². The van der Waals surface area contributed by atoms with Gasteiger partial charge in [0.15, 0.2) is 0 Å². The third kappa shape index (κ3) is 4.03. The Morgan fingerprint density at radius 2 is 1.93 bits per heavy atom. The molecule has 0 spiro atoms. The van der Waals surface area contributed by atoms with E-state index in [1.54, 1.807) is 0 Å². The van der Waals surface area contributed by atoms with Crippen molar-refractivity contribution in [2.75, 3.05) is 13.1 Å². The fourth-order valence-corrected chi connectivity index (χ4v) is 3.87. The van der Waals surface area contributed by atoms with Crippen LogP contribution in [0.15, 0.2) is 46.9 Å². The third-order valence-corrected chi connectivity index (χ3v) is 5.46. The molecule has 27 heavy (non-hydrogen) atoms. The van der Waals surface area contributed by atoms with Gasteiger partial charge < -0.3 is 10.2 Å².